The van der Waals surface area contributed by atoms with E-state index in [2.05, 4.69) is 37.9 Å². The van der Waals surface area contributed by atoms with E-state index in [0.717, 1.165) is 35.9 Å². The van der Waals surface area contributed by atoms with Crippen molar-refractivity contribution in [1.29, 1.82) is 0 Å². The summed E-state index contributed by atoms with van der Waals surface area (Å²) in [4.78, 5) is 13.3. The molecule has 6 nitrogen and oxygen atoms in total. The zero-order valence-electron chi connectivity index (χ0n) is 14.8. The van der Waals surface area contributed by atoms with E-state index in [-0.39, 0.29) is 0 Å². The van der Waals surface area contributed by atoms with Crippen LogP contribution in [0.5, 0.6) is 0 Å². The second kappa shape index (κ2) is 9.08. The Labute approximate surface area is 144 Å². The molecule has 1 fully saturated rings. The lowest BCUT2D eigenvalue weighted by molar-refractivity contribution is 0.249. The van der Waals surface area contributed by atoms with Gasteiger partial charge in [-0.25, -0.2) is 4.98 Å². The topological polar surface area (TPSA) is 55.8 Å². The van der Waals surface area contributed by atoms with Crippen molar-refractivity contribution in [3.63, 3.8) is 0 Å². The maximum atomic E-state index is 4.57. The maximum Gasteiger partial charge on any atom is 0.191 e. The molecule has 0 aromatic carbocycles. The van der Waals surface area contributed by atoms with Crippen LogP contribution in [0.3, 0.4) is 0 Å². The average Bonchev–Trinajstić information content (AvgIpc) is 3.21. The highest BCUT2D eigenvalue weighted by molar-refractivity contribution is 7.13. The second-order valence-electron chi connectivity index (χ2n) is 6.29. The summed E-state index contributed by atoms with van der Waals surface area (Å²) < 4.78 is 0. The molecule has 0 spiro atoms. The van der Waals surface area contributed by atoms with E-state index in [9.17, 15) is 0 Å². The number of rotatable bonds is 7. The van der Waals surface area contributed by atoms with Crippen LogP contribution in [-0.2, 0) is 6.54 Å². The molecule has 0 bridgehead atoms. The Balaban J connectivity index is 1.68. The molecule has 1 saturated carbocycles. The monoisotopic (exact) mass is 338 g/mol. The molecule has 130 valence electrons. The summed E-state index contributed by atoms with van der Waals surface area (Å²) in [5, 5.41) is 9.83. The first kappa shape index (κ1) is 18.0. The molecular formula is C16H30N6S. The van der Waals surface area contributed by atoms with E-state index < -0.39 is 0 Å². The maximum absolute atomic E-state index is 4.57. The van der Waals surface area contributed by atoms with Crippen molar-refractivity contribution in [2.45, 2.75) is 38.3 Å². The highest BCUT2D eigenvalue weighted by atomic mass is 32.1. The number of likely N-dealkylation sites (N-methyl/N-ethyl adjacent to an activating group) is 1. The summed E-state index contributed by atoms with van der Waals surface area (Å²) >= 11 is 1.66. The van der Waals surface area contributed by atoms with Gasteiger partial charge in [0.2, 0.25) is 0 Å². The van der Waals surface area contributed by atoms with Crippen LogP contribution in [0.25, 0.3) is 0 Å². The van der Waals surface area contributed by atoms with Crippen molar-refractivity contribution in [3.05, 3.63) is 11.1 Å². The van der Waals surface area contributed by atoms with Crippen molar-refractivity contribution in [2.24, 2.45) is 4.99 Å². The minimum Gasteiger partial charge on any atom is -0.355 e. The molecule has 0 atom stereocenters. The Morgan fingerprint density at radius 2 is 2.04 bits per heavy atom. The third-order valence-corrected chi connectivity index (χ3v) is 5.34. The van der Waals surface area contributed by atoms with Gasteiger partial charge in [0, 0.05) is 45.7 Å². The quantitative estimate of drug-likeness (QED) is 0.586. The molecule has 0 unspecified atom stereocenters. The number of guanidine groups is 1. The smallest absolute Gasteiger partial charge is 0.191 e. The predicted molar refractivity (Wildman–Crippen MR) is 99.5 cm³/mol. The summed E-state index contributed by atoms with van der Waals surface area (Å²) in [6.07, 6.45) is 5.46. The number of nitrogens with zero attached hydrogens (tertiary/aromatic N) is 4. The van der Waals surface area contributed by atoms with Crippen LogP contribution < -0.4 is 15.5 Å². The first-order valence-electron chi connectivity index (χ1n) is 8.36. The van der Waals surface area contributed by atoms with Crippen LogP contribution in [0.1, 0.15) is 31.4 Å². The van der Waals surface area contributed by atoms with E-state index in [0.29, 0.717) is 6.54 Å². The first-order chi connectivity index (χ1) is 11.1. The molecule has 1 aromatic rings. The highest BCUT2D eigenvalue weighted by Crippen LogP contribution is 2.21. The van der Waals surface area contributed by atoms with Crippen LogP contribution in [0.2, 0.25) is 0 Å². The molecule has 23 heavy (non-hydrogen) atoms. The molecule has 1 aromatic heterocycles. The van der Waals surface area contributed by atoms with Crippen LogP contribution in [-0.4, -0.2) is 63.2 Å². The van der Waals surface area contributed by atoms with Gasteiger partial charge < -0.3 is 20.4 Å². The molecule has 2 N–H and O–H groups in total. The average molecular weight is 339 g/mol. The third-order valence-electron chi connectivity index (χ3n) is 4.29. The van der Waals surface area contributed by atoms with Crippen molar-refractivity contribution in [2.75, 3.05) is 46.2 Å². The van der Waals surface area contributed by atoms with Gasteiger partial charge in [0.15, 0.2) is 11.1 Å². The summed E-state index contributed by atoms with van der Waals surface area (Å²) in [6, 6.07) is 0.770. The molecule has 1 heterocycles. The van der Waals surface area contributed by atoms with Crippen LogP contribution in [0.4, 0.5) is 5.13 Å². The number of nitrogens with one attached hydrogen (secondary N) is 2. The minimum atomic E-state index is 0.697. The van der Waals surface area contributed by atoms with Crippen LogP contribution in [0, 0.1) is 0 Å². The molecule has 0 aliphatic heterocycles. The van der Waals surface area contributed by atoms with Crippen molar-refractivity contribution < 1.29 is 0 Å². The number of thiazole rings is 1. The van der Waals surface area contributed by atoms with Crippen LogP contribution in [0.15, 0.2) is 10.4 Å². The Hall–Kier alpha value is -1.34. The first-order valence-corrected chi connectivity index (χ1v) is 9.24. The van der Waals surface area contributed by atoms with Crippen molar-refractivity contribution in [3.8, 4) is 0 Å². The molecule has 0 radical (unpaired) electrons. The van der Waals surface area contributed by atoms with Crippen LogP contribution >= 0.6 is 11.3 Å². The standard InChI is InChI=1S/C16H30N6S/c1-17-15(18-9-10-22(4)14-7-5-6-8-14)19-11-13-12-23-16(20-13)21(2)3/h12,14H,5-11H2,1-4H3,(H2,17,18,19). The van der Waals surface area contributed by atoms with Gasteiger partial charge in [0.25, 0.3) is 0 Å². The van der Waals surface area contributed by atoms with Gasteiger partial charge in [-0.1, -0.05) is 12.8 Å². The second-order valence-corrected chi connectivity index (χ2v) is 7.12. The lowest BCUT2D eigenvalue weighted by Crippen LogP contribution is -2.42. The summed E-state index contributed by atoms with van der Waals surface area (Å²) in [6.45, 7) is 2.65. The Kier molecular flexibility index (Phi) is 7.11. The van der Waals surface area contributed by atoms with Gasteiger partial charge in [0.1, 0.15) is 0 Å². The summed E-state index contributed by atoms with van der Waals surface area (Å²) in [5.41, 5.74) is 1.05. The largest absolute Gasteiger partial charge is 0.355 e. The summed E-state index contributed by atoms with van der Waals surface area (Å²) in [7, 11) is 8.06. The zero-order chi connectivity index (χ0) is 16.7. The highest BCUT2D eigenvalue weighted by Gasteiger charge is 2.18. The lowest BCUT2D eigenvalue weighted by atomic mass is 10.2. The molecule has 0 amide bonds. The van der Waals surface area contributed by atoms with Crippen molar-refractivity contribution in [1.82, 2.24) is 20.5 Å². The van der Waals surface area contributed by atoms with E-state index in [4.69, 9.17) is 0 Å². The fraction of sp³-hybridized carbons (Fsp3) is 0.750. The molecule has 2 rings (SSSR count). The Bertz CT molecular complexity index is 493. The fourth-order valence-electron chi connectivity index (χ4n) is 2.86. The van der Waals surface area contributed by atoms with E-state index in [1.54, 1.807) is 11.3 Å². The SMILES string of the molecule is CN=C(NCCN(C)C1CCCC1)NCc1csc(N(C)C)n1. The molecular weight excluding hydrogens is 308 g/mol. The van der Waals surface area contributed by atoms with Gasteiger partial charge >= 0.3 is 0 Å². The van der Waals surface area contributed by atoms with Gasteiger partial charge in [-0.05, 0) is 19.9 Å². The Morgan fingerprint density at radius 3 is 2.65 bits per heavy atom. The third kappa shape index (κ3) is 5.66. The fourth-order valence-corrected chi connectivity index (χ4v) is 3.61. The van der Waals surface area contributed by atoms with E-state index in [1.165, 1.54) is 25.7 Å². The van der Waals surface area contributed by atoms with Crippen molar-refractivity contribution >= 4 is 22.4 Å². The predicted octanol–water partition coefficient (Wildman–Crippen LogP) is 1.75. The molecule has 0 saturated heterocycles. The van der Waals surface area contributed by atoms with E-state index >= 15 is 0 Å². The number of hydrogen-bond acceptors (Lipinski definition) is 5. The number of aliphatic imine (C=N–C) groups is 1. The number of aromatic nitrogens is 1. The zero-order valence-corrected chi connectivity index (χ0v) is 15.6. The van der Waals surface area contributed by atoms with Gasteiger partial charge in [-0.2, -0.15) is 0 Å². The van der Waals surface area contributed by atoms with E-state index in [1.807, 2.05) is 26.0 Å². The number of hydrogen-bond donors (Lipinski definition) is 2. The molecule has 1 aliphatic rings. The Morgan fingerprint density at radius 1 is 1.30 bits per heavy atom. The number of anilines is 1. The molecule has 1 aliphatic carbocycles. The van der Waals surface area contributed by atoms with Gasteiger partial charge in [-0.15, -0.1) is 11.3 Å². The summed E-state index contributed by atoms with van der Waals surface area (Å²) in [5.74, 6) is 0.837. The van der Waals surface area contributed by atoms with Gasteiger partial charge in [-0.3, -0.25) is 4.99 Å². The molecule has 7 heteroatoms. The minimum absolute atomic E-state index is 0.697. The van der Waals surface area contributed by atoms with Gasteiger partial charge in [0.05, 0.1) is 12.2 Å². The lowest BCUT2D eigenvalue weighted by Gasteiger charge is -2.24. The normalized spacial score (nSPS) is 16.1.